The van der Waals surface area contributed by atoms with Gasteiger partial charge in [-0.15, -0.1) is 0 Å². The first-order valence-corrected chi connectivity index (χ1v) is 7.55. The fourth-order valence-electron chi connectivity index (χ4n) is 2.12. The lowest BCUT2D eigenvalue weighted by molar-refractivity contribution is -0.126. The highest BCUT2D eigenvalue weighted by atomic mass is 32.2. The highest BCUT2D eigenvalue weighted by Gasteiger charge is 2.25. The van der Waals surface area contributed by atoms with Crippen molar-refractivity contribution in [3.63, 3.8) is 0 Å². The average Bonchev–Trinajstić information content (AvgIpc) is 2.16. The smallest absolute Gasteiger partial charge is 0.223 e. The van der Waals surface area contributed by atoms with Crippen LogP contribution in [0.5, 0.6) is 0 Å². The van der Waals surface area contributed by atoms with E-state index in [0.29, 0.717) is 11.8 Å². The zero-order valence-electron chi connectivity index (χ0n) is 10.3. The van der Waals surface area contributed by atoms with E-state index in [1.54, 1.807) is 6.26 Å². The molecule has 1 heterocycles. The molecule has 4 unspecified atom stereocenters. The maximum atomic E-state index is 11.9. The summed E-state index contributed by atoms with van der Waals surface area (Å²) in [6.07, 6.45) is 3.46. The second-order valence-corrected chi connectivity index (χ2v) is 6.21. The van der Waals surface area contributed by atoms with Crippen LogP contribution in [0.4, 0.5) is 0 Å². The molecule has 5 heteroatoms. The van der Waals surface area contributed by atoms with E-state index in [0.717, 1.165) is 19.4 Å². The summed E-state index contributed by atoms with van der Waals surface area (Å²) in [4.78, 5) is 11.9. The summed E-state index contributed by atoms with van der Waals surface area (Å²) in [5.74, 6) is 0.766. The molecule has 0 spiro atoms. The second kappa shape index (κ2) is 6.35. The molecule has 0 bridgehead atoms. The van der Waals surface area contributed by atoms with Gasteiger partial charge < -0.3 is 10.6 Å². The van der Waals surface area contributed by atoms with E-state index in [4.69, 9.17) is 0 Å². The van der Waals surface area contributed by atoms with Gasteiger partial charge in [-0.3, -0.25) is 9.00 Å². The number of piperidine rings is 1. The Labute approximate surface area is 100 Å². The molecule has 1 aliphatic heterocycles. The Morgan fingerprint density at radius 2 is 2.31 bits per heavy atom. The van der Waals surface area contributed by atoms with E-state index >= 15 is 0 Å². The molecular formula is C11H22N2O2S. The first kappa shape index (κ1) is 13.6. The Balaban J connectivity index is 2.36. The number of hydrogen-bond acceptors (Lipinski definition) is 3. The van der Waals surface area contributed by atoms with Crippen LogP contribution in [0, 0.1) is 5.92 Å². The van der Waals surface area contributed by atoms with Crippen molar-refractivity contribution in [1.29, 1.82) is 0 Å². The van der Waals surface area contributed by atoms with Crippen molar-refractivity contribution in [2.45, 2.75) is 38.8 Å². The number of carbonyl (C=O) groups is 1. The molecule has 1 aliphatic rings. The summed E-state index contributed by atoms with van der Waals surface area (Å²) < 4.78 is 11.0. The van der Waals surface area contributed by atoms with Gasteiger partial charge in [0.1, 0.15) is 0 Å². The first-order valence-electron chi connectivity index (χ1n) is 5.82. The lowest BCUT2D eigenvalue weighted by atomic mass is 9.92. The van der Waals surface area contributed by atoms with Crippen molar-refractivity contribution in [3.8, 4) is 0 Å². The van der Waals surface area contributed by atoms with Crippen LogP contribution < -0.4 is 10.6 Å². The Morgan fingerprint density at radius 1 is 1.62 bits per heavy atom. The summed E-state index contributed by atoms with van der Waals surface area (Å²) in [6.45, 7) is 4.92. The summed E-state index contributed by atoms with van der Waals surface area (Å²) >= 11 is 0. The van der Waals surface area contributed by atoms with E-state index in [9.17, 15) is 9.00 Å². The molecule has 2 N–H and O–H groups in total. The van der Waals surface area contributed by atoms with E-state index in [-0.39, 0.29) is 17.9 Å². The Bertz CT molecular complexity index is 271. The maximum absolute atomic E-state index is 11.9. The highest BCUT2D eigenvalue weighted by molar-refractivity contribution is 7.84. The van der Waals surface area contributed by atoms with Gasteiger partial charge >= 0.3 is 0 Å². The van der Waals surface area contributed by atoms with Crippen LogP contribution >= 0.6 is 0 Å². The van der Waals surface area contributed by atoms with E-state index in [2.05, 4.69) is 17.6 Å². The minimum Gasteiger partial charge on any atom is -0.352 e. The third kappa shape index (κ3) is 4.61. The molecule has 4 nitrogen and oxygen atoms in total. The SMILES string of the molecule is CC1CC(C(=O)NC(C)CS(C)=O)CCN1. The van der Waals surface area contributed by atoms with Gasteiger partial charge in [-0.25, -0.2) is 0 Å². The van der Waals surface area contributed by atoms with Gasteiger partial charge in [-0.2, -0.15) is 0 Å². The van der Waals surface area contributed by atoms with Gasteiger partial charge in [0.2, 0.25) is 5.91 Å². The minimum absolute atomic E-state index is 0.00326. The number of rotatable bonds is 4. The molecule has 1 fully saturated rings. The molecule has 16 heavy (non-hydrogen) atoms. The zero-order chi connectivity index (χ0) is 12.1. The van der Waals surface area contributed by atoms with Crippen molar-refractivity contribution in [1.82, 2.24) is 10.6 Å². The van der Waals surface area contributed by atoms with E-state index in [1.807, 2.05) is 6.92 Å². The van der Waals surface area contributed by atoms with E-state index in [1.165, 1.54) is 0 Å². The maximum Gasteiger partial charge on any atom is 0.223 e. The molecule has 0 aromatic carbocycles. The standard InChI is InChI=1S/C11H22N2O2S/c1-8-6-10(4-5-12-8)11(14)13-9(2)7-16(3)15/h8-10,12H,4-7H2,1-3H3,(H,13,14). The summed E-state index contributed by atoms with van der Waals surface area (Å²) in [7, 11) is -0.851. The third-order valence-electron chi connectivity index (χ3n) is 2.87. The van der Waals surface area contributed by atoms with Crippen molar-refractivity contribution in [2.75, 3.05) is 18.6 Å². The number of hydrogen-bond donors (Lipinski definition) is 2. The molecule has 0 aromatic heterocycles. The normalized spacial score (nSPS) is 29.4. The van der Waals surface area contributed by atoms with Crippen LogP contribution in [0.1, 0.15) is 26.7 Å². The number of carbonyl (C=O) groups excluding carboxylic acids is 1. The van der Waals surface area contributed by atoms with Crippen LogP contribution in [0.2, 0.25) is 0 Å². The van der Waals surface area contributed by atoms with Crippen LogP contribution in [0.3, 0.4) is 0 Å². The summed E-state index contributed by atoms with van der Waals surface area (Å²) in [5, 5.41) is 6.27. The summed E-state index contributed by atoms with van der Waals surface area (Å²) in [5.41, 5.74) is 0. The molecule has 0 saturated carbocycles. The third-order valence-corrected chi connectivity index (χ3v) is 3.84. The summed E-state index contributed by atoms with van der Waals surface area (Å²) in [6, 6.07) is 0.420. The lowest BCUT2D eigenvalue weighted by Crippen LogP contribution is -2.45. The molecule has 0 aliphatic carbocycles. The monoisotopic (exact) mass is 246 g/mol. The Hall–Kier alpha value is -0.420. The Morgan fingerprint density at radius 3 is 2.88 bits per heavy atom. The van der Waals surface area contributed by atoms with Gasteiger partial charge in [0.05, 0.1) is 0 Å². The molecule has 1 amide bonds. The van der Waals surface area contributed by atoms with Crippen molar-refractivity contribution in [2.24, 2.45) is 5.92 Å². The molecule has 0 aromatic rings. The molecule has 1 rings (SSSR count). The van der Waals surface area contributed by atoms with Crippen LogP contribution in [0.25, 0.3) is 0 Å². The molecule has 4 atom stereocenters. The average molecular weight is 246 g/mol. The van der Waals surface area contributed by atoms with Crippen LogP contribution in [-0.4, -0.2) is 40.8 Å². The predicted molar refractivity (Wildman–Crippen MR) is 66.7 cm³/mol. The van der Waals surface area contributed by atoms with Gasteiger partial charge in [0.25, 0.3) is 0 Å². The van der Waals surface area contributed by atoms with Gasteiger partial charge in [0.15, 0.2) is 0 Å². The van der Waals surface area contributed by atoms with E-state index < -0.39 is 10.8 Å². The largest absolute Gasteiger partial charge is 0.352 e. The minimum atomic E-state index is -0.851. The van der Waals surface area contributed by atoms with Gasteiger partial charge in [-0.1, -0.05) is 0 Å². The first-order chi connectivity index (χ1) is 7.49. The van der Waals surface area contributed by atoms with Crippen molar-refractivity contribution >= 4 is 16.7 Å². The van der Waals surface area contributed by atoms with Crippen molar-refractivity contribution < 1.29 is 9.00 Å². The molecule has 0 radical (unpaired) electrons. The van der Waals surface area contributed by atoms with Gasteiger partial charge in [-0.05, 0) is 33.2 Å². The second-order valence-electron chi connectivity index (χ2n) is 4.73. The number of amides is 1. The van der Waals surface area contributed by atoms with Crippen LogP contribution in [0.15, 0.2) is 0 Å². The van der Waals surface area contributed by atoms with Crippen LogP contribution in [-0.2, 0) is 15.6 Å². The molecule has 94 valence electrons. The fourth-order valence-corrected chi connectivity index (χ4v) is 2.91. The zero-order valence-corrected chi connectivity index (χ0v) is 11.1. The number of nitrogens with one attached hydrogen (secondary N) is 2. The van der Waals surface area contributed by atoms with Gasteiger partial charge in [0, 0.05) is 40.8 Å². The Kier molecular flexibility index (Phi) is 5.41. The topological polar surface area (TPSA) is 58.2 Å². The molecular weight excluding hydrogens is 224 g/mol. The molecule has 1 saturated heterocycles. The lowest BCUT2D eigenvalue weighted by Gasteiger charge is -2.28. The highest BCUT2D eigenvalue weighted by Crippen LogP contribution is 2.16. The quantitative estimate of drug-likeness (QED) is 0.748. The predicted octanol–water partition coefficient (Wildman–Crippen LogP) is 0.258. The van der Waals surface area contributed by atoms with Crippen molar-refractivity contribution in [3.05, 3.63) is 0 Å². The fraction of sp³-hybridized carbons (Fsp3) is 0.909.